The van der Waals surface area contributed by atoms with E-state index in [9.17, 15) is 15.3 Å². The molecule has 4 rings (SSSR count). The summed E-state index contributed by atoms with van der Waals surface area (Å²) in [5, 5.41) is 31.0. The minimum atomic E-state index is -0.506. The number of benzene rings is 1. The minimum absolute atomic E-state index is 0.0138. The molecule has 1 aromatic rings. The van der Waals surface area contributed by atoms with Gasteiger partial charge in [0, 0.05) is 22.9 Å². The van der Waals surface area contributed by atoms with Crippen molar-refractivity contribution in [1.29, 1.82) is 0 Å². The Morgan fingerprint density at radius 1 is 1.23 bits per heavy atom. The second-order valence-electron chi connectivity index (χ2n) is 7.20. The molecule has 1 heterocycles. The third-order valence-electron chi connectivity index (χ3n) is 6.43. The molecule has 0 radical (unpaired) electrons. The molecule has 5 atom stereocenters. The van der Waals surface area contributed by atoms with Crippen molar-refractivity contribution >= 4 is 0 Å². The normalized spacial score (nSPS) is 40.1. The highest BCUT2D eigenvalue weighted by Crippen LogP contribution is 2.59. The number of aliphatic hydroxyl groups is 1. The lowest BCUT2D eigenvalue weighted by atomic mass is 9.50. The maximum Gasteiger partial charge on any atom is 0.161 e. The van der Waals surface area contributed by atoms with Crippen LogP contribution in [0.15, 0.2) is 24.3 Å². The maximum atomic E-state index is 10.6. The summed E-state index contributed by atoms with van der Waals surface area (Å²) in [6.07, 6.45) is 5.30. The summed E-state index contributed by atoms with van der Waals surface area (Å²) < 4.78 is 0. The van der Waals surface area contributed by atoms with E-state index in [1.165, 1.54) is 0 Å². The summed E-state index contributed by atoms with van der Waals surface area (Å²) >= 11 is 0. The van der Waals surface area contributed by atoms with E-state index in [0.29, 0.717) is 6.04 Å². The Kier molecular flexibility index (Phi) is 2.88. The molecule has 1 aliphatic heterocycles. The van der Waals surface area contributed by atoms with Gasteiger partial charge in [-0.3, -0.25) is 0 Å². The zero-order chi connectivity index (χ0) is 15.6. The van der Waals surface area contributed by atoms with Crippen LogP contribution in [0.1, 0.15) is 24.5 Å². The predicted octanol–water partition coefficient (Wildman–Crippen LogP) is 1.78. The van der Waals surface area contributed by atoms with Gasteiger partial charge in [0.05, 0.1) is 6.10 Å². The molecule has 4 heteroatoms. The number of hydrogen-bond donors (Lipinski definition) is 3. The number of aliphatic hydroxyl groups excluding tert-OH is 1. The van der Waals surface area contributed by atoms with Crippen LogP contribution in [-0.4, -0.2) is 46.0 Å². The predicted molar refractivity (Wildman–Crippen MR) is 84.0 cm³/mol. The lowest BCUT2D eigenvalue weighted by Crippen LogP contribution is -2.63. The Bertz CT molecular complexity index is 656. The highest BCUT2D eigenvalue weighted by atomic mass is 16.3. The maximum absolute atomic E-state index is 10.6. The van der Waals surface area contributed by atoms with Crippen LogP contribution < -0.4 is 0 Å². The Morgan fingerprint density at radius 3 is 2.77 bits per heavy atom. The summed E-state index contributed by atoms with van der Waals surface area (Å²) in [6, 6.07) is 3.91. The van der Waals surface area contributed by atoms with Crippen LogP contribution in [0.5, 0.6) is 11.5 Å². The number of aromatic hydroxyl groups is 2. The van der Waals surface area contributed by atoms with Gasteiger partial charge in [0.25, 0.3) is 0 Å². The first kappa shape index (κ1) is 14.1. The molecule has 0 aromatic heterocycles. The van der Waals surface area contributed by atoms with E-state index in [4.69, 9.17) is 0 Å². The van der Waals surface area contributed by atoms with E-state index >= 15 is 0 Å². The smallest absolute Gasteiger partial charge is 0.161 e. The number of fused-ring (bicyclic) bond motifs is 1. The standard InChI is InChI=1S/C18H23NO3/c1-10-14(20)6-4-12-13-9-11-3-5-15(21)17(22)16(11)18(10,12)7-8-19(13)2/h3-6,10,12-14,20-22H,7-9H2,1-2H3/t10-,12-,13+,14-,18-/m0/s1. The van der Waals surface area contributed by atoms with Crippen molar-refractivity contribution in [2.45, 2.75) is 37.3 Å². The Hall–Kier alpha value is -1.52. The van der Waals surface area contributed by atoms with Crippen molar-refractivity contribution in [2.24, 2.45) is 11.8 Å². The SMILES string of the molecule is C[C@H]1[C@@H](O)C=C[C@H]2[C@H]3Cc4ccc(O)c(O)c4[C@@]12CCN3C. The zero-order valence-corrected chi connectivity index (χ0v) is 13.0. The van der Waals surface area contributed by atoms with Crippen molar-refractivity contribution in [2.75, 3.05) is 13.6 Å². The Balaban J connectivity index is 2.02. The van der Waals surface area contributed by atoms with Gasteiger partial charge >= 0.3 is 0 Å². The number of piperidine rings is 1. The quantitative estimate of drug-likeness (QED) is 0.505. The molecular formula is C18H23NO3. The first-order chi connectivity index (χ1) is 10.5. The minimum Gasteiger partial charge on any atom is -0.504 e. The van der Waals surface area contributed by atoms with Gasteiger partial charge in [-0.25, -0.2) is 0 Å². The molecule has 3 aliphatic rings. The molecule has 22 heavy (non-hydrogen) atoms. The fraction of sp³-hybridized carbons (Fsp3) is 0.556. The molecule has 1 saturated heterocycles. The zero-order valence-electron chi connectivity index (χ0n) is 13.0. The highest BCUT2D eigenvalue weighted by Gasteiger charge is 2.58. The monoisotopic (exact) mass is 301 g/mol. The number of likely N-dealkylation sites (N-methyl/N-ethyl adjacent to an activating group) is 1. The molecule has 0 spiro atoms. The van der Waals surface area contributed by atoms with Crippen LogP contribution in [-0.2, 0) is 11.8 Å². The number of likely N-dealkylation sites (tertiary alicyclic amines) is 1. The summed E-state index contributed by atoms with van der Waals surface area (Å²) in [7, 11) is 2.16. The molecule has 0 unspecified atom stereocenters. The first-order valence-corrected chi connectivity index (χ1v) is 8.07. The molecule has 0 amide bonds. The lowest BCUT2D eigenvalue weighted by molar-refractivity contribution is -0.0205. The van der Waals surface area contributed by atoms with Crippen LogP contribution >= 0.6 is 0 Å². The van der Waals surface area contributed by atoms with Gasteiger partial charge in [-0.2, -0.15) is 0 Å². The molecule has 2 bridgehead atoms. The molecule has 1 fully saturated rings. The van der Waals surface area contributed by atoms with Gasteiger partial charge in [0.15, 0.2) is 11.5 Å². The van der Waals surface area contributed by atoms with Gasteiger partial charge in [0.1, 0.15) is 0 Å². The van der Waals surface area contributed by atoms with E-state index < -0.39 is 6.10 Å². The van der Waals surface area contributed by atoms with Gasteiger partial charge in [-0.1, -0.05) is 25.1 Å². The van der Waals surface area contributed by atoms with Gasteiger partial charge in [0.2, 0.25) is 0 Å². The van der Waals surface area contributed by atoms with E-state index in [2.05, 4.69) is 24.9 Å². The van der Waals surface area contributed by atoms with Gasteiger partial charge < -0.3 is 20.2 Å². The van der Waals surface area contributed by atoms with Crippen molar-refractivity contribution < 1.29 is 15.3 Å². The molecule has 0 saturated carbocycles. The molecular weight excluding hydrogens is 278 g/mol. The fourth-order valence-electron chi connectivity index (χ4n) is 5.19. The van der Waals surface area contributed by atoms with Crippen molar-refractivity contribution in [3.05, 3.63) is 35.4 Å². The topological polar surface area (TPSA) is 63.9 Å². The molecule has 118 valence electrons. The van der Waals surface area contributed by atoms with Crippen LogP contribution in [0, 0.1) is 11.8 Å². The highest BCUT2D eigenvalue weighted by molar-refractivity contribution is 5.57. The third-order valence-corrected chi connectivity index (χ3v) is 6.43. The number of phenolic OH excluding ortho intramolecular Hbond substituents is 2. The largest absolute Gasteiger partial charge is 0.504 e. The number of hydrogen-bond acceptors (Lipinski definition) is 4. The lowest BCUT2D eigenvalue weighted by Gasteiger charge is -2.60. The first-order valence-electron chi connectivity index (χ1n) is 8.07. The van der Waals surface area contributed by atoms with Crippen molar-refractivity contribution in [3.8, 4) is 11.5 Å². The van der Waals surface area contributed by atoms with Crippen molar-refractivity contribution in [1.82, 2.24) is 4.90 Å². The fourth-order valence-corrected chi connectivity index (χ4v) is 5.19. The second-order valence-corrected chi connectivity index (χ2v) is 7.20. The molecule has 3 N–H and O–H groups in total. The van der Waals surface area contributed by atoms with Crippen LogP contribution in [0.2, 0.25) is 0 Å². The van der Waals surface area contributed by atoms with E-state index in [1.54, 1.807) is 6.07 Å². The van der Waals surface area contributed by atoms with Crippen LogP contribution in [0.4, 0.5) is 0 Å². The van der Waals surface area contributed by atoms with E-state index in [0.717, 1.165) is 30.5 Å². The number of nitrogens with zero attached hydrogens (tertiary/aromatic N) is 1. The summed E-state index contributed by atoms with van der Waals surface area (Å²) in [6.45, 7) is 3.02. The second kappa shape index (κ2) is 4.49. The Labute approximate surface area is 130 Å². The summed E-state index contributed by atoms with van der Waals surface area (Å²) in [5.74, 6) is 0.246. The molecule has 4 nitrogen and oxygen atoms in total. The summed E-state index contributed by atoms with van der Waals surface area (Å²) in [5.41, 5.74) is 1.69. The average molecular weight is 301 g/mol. The van der Waals surface area contributed by atoms with Gasteiger partial charge in [-0.05, 0) is 44.0 Å². The van der Waals surface area contributed by atoms with Crippen LogP contribution in [0.25, 0.3) is 0 Å². The van der Waals surface area contributed by atoms with Crippen molar-refractivity contribution in [3.63, 3.8) is 0 Å². The van der Waals surface area contributed by atoms with E-state index in [-0.39, 0.29) is 28.7 Å². The molecule has 1 aromatic carbocycles. The van der Waals surface area contributed by atoms with Crippen LogP contribution in [0.3, 0.4) is 0 Å². The molecule has 2 aliphatic carbocycles. The number of rotatable bonds is 0. The number of phenols is 2. The average Bonchev–Trinajstić information content (AvgIpc) is 2.50. The Morgan fingerprint density at radius 2 is 2.00 bits per heavy atom. The summed E-state index contributed by atoms with van der Waals surface area (Å²) in [4.78, 5) is 2.39. The van der Waals surface area contributed by atoms with Gasteiger partial charge in [-0.15, -0.1) is 0 Å². The van der Waals surface area contributed by atoms with E-state index in [1.807, 2.05) is 12.1 Å². The third kappa shape index (κ3) is 1.54.